The number of piperidine rings is 2. The van der Waals surface area contributed by atoms with Crippen molar-refractivity contribution in [3.05, 3.63) is 42.2 Å². The second-order valence-electron chi connectivity index (χ2n) is 7.64. The Balaban J connectivity index is 1.37. The highest BCUT2D eigenvalue weighted by atomic mass is 16.5. The van der Waals surface area contributed by atoms with Crippen LogP contribution < -0.4 is 20.3 Å². The molecule has 28 heavy (non-hydrogen) atoms. The fraction of sp³-hybridized carbons (Fsp3) is 0.524. The molecule has 2 unspecified atom stereocenters. The van der Waals surface area contributed by atoms with Crippen LogP contribution in [-0.2, 0) is 0 Å². The Morgan fingerprint density at radius 3 is 3.04 bits per heavy atom. The van der Waals surface area contributed by atoms with Crippen molar-refractivity contribution in [3.8, 4) is 5.75 Å². The topological polar surface area (TPSA) is 71.4 Å². The second-order valence-corrected chi connectivity index (χ2v) is 7.64. The number of anilines is 1. The Morgan fingerprint density at radius 2 is 2.21 bits per heavy atom. The van der Waals surface area contributed by atoms with Crippen LogP contribution in [0.1, 0.15) is 42.2 Å². The molecule has 2 N–H and O–H groups in total. The standard InChI is InChI=1S/C21H29N5O2/c1-28-19-8-2-6-17(13-19)25-11-4-5-16(15-25)23-21(27)20-9-12-26(24-20)18-7-3-10-22-14-18/h2,6,8-9,12-13,16,18,22H,3-5,7,10-11,14-15H2,1H3,(H,23,27). The van der Waals surface area contributed by atoms with Crippen LogP contribution in [0.3, 0.4) is 0 Å². The van der Waals surface area contributed by atoms with Crippen LogP contribution in [-0.4, -0.2) is 55.0 Å². The summed E-state index contributed by atoms with van der Waals surface area (Å²) in [5.74, 6) is 0.770. The van der Waals surface area contributed by atoms with Crippen molar-refractivity contribution in [1.82, 2.24) is 20.4 Å². The summed E-state index contributed by atoms with van der Waals surface area (Å²) in [5, 5.41) is 11.1. The van der Waals surface area contributed by atoms with Crippen molar-refractivity contribution in [2.75, 3.05) is 38.2 Å². The summed E-state index contributed by atoms with van der Waals surface area (Å²) >= 11 is 0. The number of hydrogen-bond donors (Lipinski definition) is 2. The number of carbonyl (C=O) groups is 1. The molecule has 1 amide bonds. The van der Waals surface area contributed by atoms with E-state index in [-0.39, 0.29) is 11.9 Å². The molecule has 2 saturated heterocycles. The number of methoxy groups -OCH3 is 1. The van der Waals surface area contributed by atoms with Gasteiger partial charge in [0.15, 0.2) is 0 Å². The molecule has 1 aromatic heterocycles. The molecule has 2 aliphatic rings. The van der Waals surface area contributed by atoms with Gasteiger partial charge in [0.25, 0.3) is 5.91 Å². The third kappa shape index (κ3) is 4.30. The van der Waals surface area contributed by atoms with E-state index >= 15 is 0 Å². The van der Waals surface area contributed by atoms with E-state index in [1.807, 2.05) is 35.1 Å². The van der Waals surface area contributed by atoms with E-state index in [2.05, 4.69) is 26.7 Å². The number of amides is 1. The molecule has 2 atom stereocenters. The smallest absolute Gasteiger partial charge is 0.272 e. The summed E-state index contributed by atoms with van der Waals surface area (Å²) in [6, 6.07) is 10.4. The van der Waals surface area contributed by atoms with Gasteiger partial charge in [-0.15, -0.1) is 0 Å². The van der Waals surface area contributed by atoms with Crippen LogP contribution in [0.15, 0.2) is 36.5 Å². The molecule has 0 saturated carbocycles. The second kappa shape index (κ2) is 8.65. The lowest BCUT2D eigenvalue weighted by Crippen LogP contribution is -2.48. The van der Waals surface area contributed by atoms with Crippen LogP contribution in [0.25, 0.3) is 0 Å². The Hall–Kier alpha value is -2.54. The van der Waals surface area contributed by atoms with Gasteiger partial charge in [0, 0.05) is 43.6 Å². The van der Waals surface area contributed by atoms with Gasteiger partial charge in [-0.25, -0.2) is 0 Å². The molecule has 1 aromatic carbocycles. The van der Waals surface area contributed by atoms with Gasteiger partial charge in [0.05, 0.1) is 13.2 Å². The van der Waals surface area contributed by atoms with E-state index in [9.17, 15) is 4.79 Å². The van der Waals surface area contributed by atoms with E-state index in [4.69, 9.17) is 4.74 Å². The highest BCUT2D eigenvalue weighted by Crippen LogP contribution is 2.24. The van der Waals surface area contributed by atoms with Crippen LogP contribution >= 0.6 is 0 Å². The quantitative estimate of drug-likeness (QED) is 0.828. The Bertz CT molecular complexity index is 800. The van der Waals surface area contributed by atoms with Crippen molar-refractivity contribution >= 4 is 11.6 Å². The van der Waals surface area contributed by atoms with E-state index < -0.39 is 0 Å². The molecule has 2 aromatic rings. The zero-order valence-corrected chi connectivity index (χ0v) is 16.4. The maximum atomic E-state index is 12.7. The molecule has 0 bridgehead atoms. The summed E-state index contributed by atoms with van der Waals surface area (Å²) in [4.78, 5) is 15.0. The molecule has 2 fully saturated rings. The summed E-state index contributed by atoms with van der Waals surface area (Å²) in [6.45, 7) is 3.77. The van der Waals surface area contributed by atoms with Gasteiger partial charge >= 0.3 is 0 Å². The molecule has 2 aliphatic heterocycles. The molecule has 0 spiro atoms. The predicted octanol–water partition coefficient (Wildman–Crippen LogP) is 2.21. The summed E-state index contributed by atoms with van der Waals surface area (Å²) in [5.41, 5.74) is 1.64. The molecular formula is C21H29N5O2. The fourth-order valence-electron chi connectivity index (χ4n) is 4.12. The maximum Gasteiger partial charge on any atom is 0.272 e. The number of carbonyl (C=O) groups excluding carboxylic acids is 1. The van der Waals surface area contributed by atoms with E-state index in [0.29, 0.717) is 11.7 Å². The number of nitrogens with one attached hydrogen (secondary N) is 2. The molecule has 7 nitrogen and oxygen atoms in total. The van der Waals surface area contributed by atoms with Crippen molar-refractivity contribution < 1.29 is 9.53 Å². The van der Waals surface area contributed by atoms with Gasteiger partial charge in [-0.2, -0.15) is 5.10 Å². The molecule has 3 heterocycles. The first-order valence-corrected chi connectivity index (χ1v) is 10.2. The minimum absolute atomic E-state index is 0.0833. The third-order valence-corrected chi connectivity index (χ3v) is 5.66. The van der Waals surface area contributed by atoms with Crippen LogP contribution in [0, 0.1) is 0 Å². The minimum Gasteiger partial charge on any atom is -0.497 e. The monoisotopic (exact) mass is 383 g/mol. The normalized spacial score (nSPS) is 22.7. The maximum absolute atomic E-state index is 12.7. The molecule has 0 radical (unpaired) electrons. The molecule has 150 valence electrons. The van der Waals surface area contributed by atoms with Crippen molar-refractivity contribution in [3.63, 3.8) is 0 Å². The van der Waals surface area contributed by atoms with Gasteiger partial charge in [0.2, 0.25) is 0 Å². The van der Waals surface area contributed by atoms with Crippen molar-refractivity contribution in [2.45, 2.75) is 37.8 Å². The third-order valence-electron chi connectivity index (χ3n) is 5.66. The summed E-state index contributed by atoms with van der Waals surface area (Å²) in [7, 11) is 1.68. The molecule has 0 aliphatic carbocycles. The number of hydrogen-bond acceptors (Lipinski definition) is 5. The Morgan fingerprint density at radius 1 is 1.29 bits per heavy atom. The Kier molecular flexibility index (Phi) is 5.81. The lowest BCUT2D eigenvalue weighted by Gasteiger charge is -2.34. The average molecular weight is 383 g/mol. The molecule has 7 heteroatoms. The first-order chi connectivity index (χ1) is 13.7. The number of ether oxygens (including phenoxy) is 1. The molecular weight excluding hydrogens is 354 g/mol. The van der Waals surface area contributed by atoms with Crippen molar-refractivity contribution in [1.29, 1.82) is 0 Å². The highest BCUT2D eigenvalue weighted by molar-refractivity contribution is 5.92. The molecule has 4 rings (SSSR count). The van der Waals surface area contributed by atoms with Crippen LogP contribution in [0.2, 0.25) is 0 Å². The van der Waals surface area contributed by atoms with Gasteiger partial charge in [0.1, 0.15) is 11.4 Å². The zero-order valence-electron chi connectivity index (χ0n) is 16.4. The lowest BCUT2D eigenvalue weighted by molar-refractivity contribution is 0.0926. The van der Waals surface area contributed by atoms with E-state index in [1.165, 1.54) is 0 Å². The lowest BCUT2D eigenvalue weighted by atomic mass is 10.0. The van der Waals surface area contributed by atoms with Gasteiger partial charge in [-0.3, -0.25) is 9.48 Å². The first kappa shape index (κ1) is 18.8. The first-order valence-electron chi connectivity index (χ1n) is 10.2. The number of nitrogens with zero attached hydrogens (tertiary/aromatic N) is 3. The Labute approximate surface area is 166 Å². The van der Waals surface area contributed by atoms with E-state index in [1.54, 1.807) is 7.11 Å². The largest absolute Gasteiger partial charge is 0.497 e. The number of aromatic nitrogens is 2. The SMILES string of the molecule is COc1cccc(N2CCCC(NC(=O)c3ccn(C4CCCNC4)n3)C2)c1. The van der Waals surface area contributed by atoms with Crippen LogP contribution in [0.4, 0.5) is 5.69 Å². The number of rotatable bonds is 5. The van der Waals surface area contributed by atoms with E-state index in [0.717, 1.165) is 63.3 Å². The van der Waals surface area contributed by atoms with Gasteiger partial charge in [-0.05, 0) is 50.4 Å². The predicted molar refractivity (Wildman–Crippen MR) is 109 cm³/mol. The number of benzene rings is 1. The zero-order chi connectivity index (χ0) is 19.3. The van der Waals surface area contributed by atoms with Crippen LogP contribution in [0.5, 0.6) is 5.75 Å². The summed E-state index contributed by atoms with van der Waals surface area (Å²) < 4.78 is 7.27. The average Bonchev–Trinajstić information content (AvgIpc) is 3.25. The van der Waals surface area contributed by atoms with Gasteiger partial charge in [-0.1, -0.05) is 6.07 Å². The highest BCUT2D eigenvalue weighted by Gasteiger charge is 2.24. The van der Waals surface area contributed by atoms with Gasteiger partial charge < -0.3 is 20.3 Å². The fourth-order valence-corrected chi connectivity index (χ4v) is 4.12. The van der Waals surface area contributed by atoms with Crippen molar-refractivity contribution in [2.24, 2.45) is 0 Å². The summed E-state index contributed by atoms with van der Waals surface area (Å²) in [6.07, 6.45) is 6.21. The minimum atomic E-state index is -0.0833.